The fourth-order valence-corrected chi connectivity index (χ4v) is 4.12. The second kappa shape index (κ2) is 9.30. The molecule has 0 atom stereocenters. The van der Waals surface area contributed by atoms with E-state index in [1.807, 2.05) is 6.92 Å². The number of imide groups is 1. The molecule has 2 aromatic carbocycles. The van der Waals surface area contributed by atoms with Gasteiger partial charge in [0.05, 0.1) is 16.5 Å². The normalized spacial score (nSPS) is 15.3. The average Bonchev–Trinajstić information content (AvgIpc) is 2.89. The van der Waals surface area contributed by atoms with Crippen molar-refractivity contribution in [2.45, 2.75) is 13.5 Å². The molecule has 1 heterocycles. The zero-order valence-corrected chi connectivity index (χ0v) is 18.6. The summed E-state index contributed by atoms with van der Waals surface area (Å²) in [5.41, 5.74) is 1.37. The molecule has 0 radical (unpaired) electrons. The number of likely N-dealkylation sites (N-methyl/N-ethyl adjacent to an activating group) is 1. The third kappa shape index (κ3) is 5.01. The first-order valence-electron chi connectivity index (χ1n) is 8.54. The maximum atomic E-state index is 12.1. The fraction of sp³-hybridized carbons (Fsp3) is 0.200. The van der Waals surface area contributed by atoms with Gasteiger partial charge in [0, 0.05) is 22.7 Å². The predicted octanol–water partition coefficient (Wildman–Crippen LogP) is 6.29. The molecule has 5 nitrogen and oxygen atoms in total. The van der Waals surface area contributed by atoms with Gasteiger partial charge in [-0.25, -0.2) is 0 Å². The SMILES string of the molecule is CCOc1cc(/C=C2\SC(=O)N(C)C2=O)cc(Cl)c1OCc1ccc(Cl)cc1Cl. The summed E-state index contributed by atoms with van der Waals surface area (Å²) < 4.78 is 11.5. The third-order valence-electron chi connectivity index (χ3n) is 4.00. The van der Waals surface area contributed by atoms with Crippen LogP contribution in [0.1, 0.15) is 18.1 Å². The van der Waals surface area contributed by atoms with Gasteiger partial charge in [-0.15, -0.1) is 0 Å². The van der Waals surface area contributed by atoms with Crippen LogP contribution in [0.4, 0.5) is 4.79 Å². The van der Waals surface area contributed by atoms with Crippen LogP contribution in [0.25, 0.3) is 6.08 Å². The van der Waals surface area contributed by atoms with Crippen molar-refractivity contribution < 1.29 is 19.1 Å². The number of amides is 2. The first-order valence-corrected chi connectivity index (χ1v) is 10.5. The minimum Gasteiger partial charge on any atom is -0.490 e. The van der Waals surface area contributed by atoms with Crippen molar-refractivity contribution >= 4 is 63.8 Å². The standard InChI is InChI=1S/C20H16Cl3NO4S/c1-3-27-16-7-11(8-17-19(25)24(2)20(26)29-17)6-15(23)18(16)28-10-12-4-5-13(21)9-14(12)22/h4-9H,3,10H2,1-2H3/b17-8-. The summed E-state index contributed by atoms with van der Waals surface area (Å²) in [6, 6.07) is 8.48. The van der Waals surface area contributed by atoms with Crippen molar-refractivity contribution in [2.24, 2.45) is 0 Å². The van der Waals surface area contributed by atoms with Crippen molar-refractivity contribution in [3.63, 3.8) is 0 Å². The summed E-state index contributed by atoms with van der Waals surface area (Å²) in [5, 5.41) is 1.01. The van der Waals surface area contributed by atoms with Gasteiger partial charge in [0.2, 0.25) is 0 Å². The van der Waals surface area contributed by atoms with Crippen molar-refractivity contribution in [3.05, 3.63) is 61.4 Å². The minimum atomic E-state index is -0.355. The molecule has 2 aromatic rings. The Kier molecular flexibility index (Phi) is 7.01. The molecule has 1 fully saturated rings. The van der Waals surface area contributed by atoms with Crippen molar-refractivity contribution in [3.8, 4) is 11.5 Å². The summed E-state index contributed by atoms with van der Waals surface area (Å²) in [5.74, 6) is 0.430. The summed E-state index contributed by atoms with van der Waals surface area (Å²) in [6.45, 7) is 2.40. The average molecular weight is 473 g/mol. The molecule has 1 saturated heterocycles. The molecular weight excluding hydrogens is 457 g/mol. The van der Waals surface area contributed by atoms with Gasteiger partial charge in [0.1, 0.15) is 6.61 Å². The van der Waals surface area contributed by atoms with E-state index >= 15 is 0 Å². The van der Waals surface area contributed by atoms with Crippen molar-refractivity contribution in [2.75, 3.05) is 13.7 Å². The number of hydrogen-bond acceptors (Lipinski definition) is 5. The Morgan fingerprint density at radius 2 is 1.83 bits per heavy atom. The van der Waals surface area contributed by atoms with E-state index in [0.29, 0.717) is 43.6 Å². The molecule has 0 N–H and O–H groups in total. The lowest BCUT2D eigenvalue weighted by Gasteiger charge is -2.15. The van der Waals surface area contributed by atoms with Crippen LogP contribution >= 0.6 is 46.6 Å². The minimum absolute atomic E-state index is 0.171. The largest absolute Gasteiger partial charge is 0.490 e. The molecular formula is C20H16Cl3NO4S. The number of benzene rings is 2. The molecule has 0 unspecified atom stereocenters. The zero-order chi connectivity index (χ0) is 21.1. The summed E-state index contributed by atoms with van der Waals surface area (Å²) in [7, 11) is 1.44. The van der Waals surface area contributed by atoms with Crippen LogP contribution in [-0.2, 0) is 11.4 Å². The zero-order valence-electron chi connectivity index (χ0n) is 15.5. The molecule has 0 saturated carbocycles. The number of ether oxygens (including phenoxy) is 2. The Hall–Kier alpha value is -1.86. The quantitative estimate of drug-likeness (QED) is 0.462. The highest BCUT2D eigenvalue weighted by atomic mass is 35.5. The number of halogens is 3. The number of thioether (sulfide) groups is 1. The van der Waals surface area contributed by atoms with Crippen LogP contribution in [0.5, 0.6) is 11.5 Å². The molecule has 0 aliphatic carbocycles. The molecule has 152 valence electrons. The second-order valence-corrected chi connectivity index (χ2v) is 8.27. The van der Waals surface area contributed by atoms with Gasteiger partial charge in [-0.2, -0.15) is 0 Å². The lowest BCUT2D eigenvalue weighted by Crippen LogP contribution is -2.22. The molecule has 1 aliphatic rings. The Morgan fingerprint density at radius 1 is 1.07 bits per heavy atom. The van der Waals surface area contributed by atoms with E-state index < -0.39 is 0 Å². The third-order valence-corrected chi connectivity index (χ3v) is 5.83. The smallest absolute Gasteiger partial charge is 0.293 e. The Balaban J connectivity index is 1.88. The van der Waals surface area contributed by atoms with Crippen LogP contribution in [-0.4, -0.2) is 29.7 Å². The highest BCUT2D eigenvalue weighted by molar-refractivity contribution is 8.18. The Morgan fingerprint density at radius 3 is 2.45 bits per heavy atom. The topological polar surface area (TPSA) is 55.8 Å². The number of carbonyl (C=O) groups excluding carboxylic acids is 2. The van der Waals surface area contributed by atoms with E-state index in [4.69, 9.17) is 44.3 Å². The molecule has 0 aromatic heterocycles. The highest BCUT2D eigenvalue weighted by Crippen LogP contribution is 2.39. The van der Waals surface area contributed by atoms with E-state index in [9.17, 15) is 9.59 Å². The number of hydrogen-bond donors (Lipinski definition) is 0. The van der Waals surface area contributed by atoms with E-state index in [1.165, 1.54) is 7.05 Å². The van der Waals surface area contributed by atoms with Gasteiger partial charge >= 0.3 is 0 Å². The van der Waals surface area contributed by atoms with Crippen molar-refractivity contribution in [1.29, 1.82) is 0 Å². The number of nitrogens with zero attached hydrogens (tertiary/aromatic N) is 1. The van der Waals surface area contributed by atoms with Gasteiger partial charge in [-0.05, 0) is 54.6 Å². The molecule has 0 spiro atoms. The first-order chi connectivity index (χ1) is 13.8. The summed E-state index contributed by atoms with van der Waals surface area (Å²) in [6.07, 6.45) is 1.60. The number of carbonyl (C=O) groups is 2. The molecule has 1 aliphatic heterocycles. The lowest BCUT2D eigenvalue weighted by molar-refractivity contribution is -0.121. The monoisotopic (exact) mass is 471 g/mol. The van der Waals surface area contributed by atoms with Crippen LogP contribution in [0, 0.1) is 0 Å². The first kappa shape index (κ1) is 21.8. The molecule has 29 heavy (non-hydrogen) atoms. The molecule has 9 heteroatoms. The van der Waals surface area contributed by atoms with Crippen LogP contribution < -0.4 is 9.47 Å². The van der Waals surface area contributed by atoms with Crippen molar-refractivity contribution in [1.82, 2.24) is 4.90 Å². The summed E-state index contributed by atoms with van der Waals surface area (Å²) >= 11 is 19.4. The van der Waals surface area contributed by atoms with Crippen LogP contribution in [0.2, 0.25) is 15.1 Å². The van der Waals surface area contributed by atoms with Crippen LogP contribution in [0.15, 0.2) is 35.2 Å². The Bertz CT molecular complexity index is 1010. The van der Waals surface area contributed by atoms with Gasteiger partial charge in [-0.1, -0.05) is 40.9 Å². The van der Waals surface area contributed by atoms with E-state index in [1.54, 1.807) is 36.4 Å². The molecule has 3 rings (SSSR count). The number of rotatable bonds is 6. The van der Waals surface area contributed by atoms with E-state index in [2.05, 4.69) is 0 Å². The van der Waals surface area contributed by atoms with E-state index in [-0.39, 0.29) is 17.8 Å². The maximum absolute atomic E-state index is 12.1. The van der Waals surface area contributed by atoms with E-state index in [0.717, 1.165) is 22.2 Å². The Labute approximate surface area is 187 Å². The van der Waals surface area contributed by atoms with Gasteiger partial charge in [0.15, 0.2) is 11.5 Å². The highest BCUT2D eigenvalue weighted by Gasteiger charge is 2.31. The molecule has 2 amide bonds. The maximum Gasteiger partial charge on any atom is 0.293 e. The van der Waals surface area contributed by atoms with Gasteiger partial charge in [0.25, 0.3) is 11.1 Å². The lowest BCUT2D eigenvalue weighted by atomic mass is 10.1. The predicted molar refractivity (Wildman–Crippen MR) is 117 cm³/mol. The van der Waals surface area contributed by atoms with Crippen LogP contribution in [0.3, 0.4) is 0 Å². The fourth-order valence-electron chi connectivity index (χ4n) is 2.56. The second-order valence-electron chi connectivity index (χ2n) is 6.03. The van der Waals surface area contributed by atoms with Gasteiger partial charge in [-0.3, -0.25) is 14.5 Å². The van der Waals surface area contributed by atoms with Gasteiger partial charge < -0.3 is 9.47 Å². The summed E-state index contributed by atoms with van der Waals surface area (Å²) in [4.78, 5) is 25.2. The molecule has 0 bridgehead atoms.